The van der Waals surface area contributed by atoms with Crippen molar-refractivity contribution >= 4 is 5.91 Å². The van der Waals surface area contributed by atoms with Crippen molar-refractivity contribution in [2.45, 2.75) is 37.8 Å². The third-order valence-electron chi connectivity index (χ3n) is 4.64. The van der Waals surface area contributed by atoms with Crippen molar-refractivity contribution in [1.29, 1.82) is 0 Å². The predicted molar refractivity (Wildman–Crippen MR) is 94.0 cm³/mol. The summed E-state index contributed by atoms with van der Waals surface area (Å²) >= 11 is 0. The summed E-state index contributed by atoms with van der Waals surface area (Å²) in [5.74, 6) is 0.00777. The molecule has 0 unspecified atom stereocenters. The highest BCUT2D eigenvalue weighted by molar-refractivity contribution is 5.90. The van der Waals surface area contributed by atoms with Crippen LogP contribution in [0.15, 0.2) is 49.4 Å². The van der Waals surface area contributed by atoms with Gasteiger partial charge in [-0.2, -0.15) is 5.10 Å². The average molecular weight is 349 g/mol. The fourth-order valence-electron chi connectivity index (χ4n) is 3.27. The van der Waals surface area contributed by atoms with Gasteiger partial charge in [0, 0.05) is 42.6 Å². The number of rotatable bonds is 4. The van der Waals surface area contributed by atoms with Crippen LogP contribution in [-0.2, 0) is 0 Å². The molecule has 0 spiro atoms. The molecule has 1 saturated carbocycles. The van der Waals surface area contributed by atoms with Crippen LogP contribution in [0.25, 0.3) is 11.3 Å². The van der Waals surface area contributed by atoms with E-state index < -0.39 is 0 Å². The van der Waals surface area contributed by atoms with Crippen LogP contribution >= 0.6 is 0 Å². The van der Waals surface area contributed by atoms with Crippen molar-refractivity contribution in [3.05, 3.63) is 55.3 Å². The molecule has 0 atom stereocenters. The van der Waals surface area contributed by atoms with Crippen LogP contribution < -0.4 is 5.32 Å². The van der Waals surface area contributed by atoms with E-state index in [9.17, 15) is 4.79 Å². The molecule has 0 aromatic carbocycles. The standard InChI is InChI=1S/C18H19N7O/c26-18(17-21-6-1-7-22-17)24-14-2-4-15(5-3-14)25-12-13(10-23-25)16-11-19-8-9-20-16/h1,6-12,14-15H,2-5H2,(H,24,26). The summed E-state index contributed by atoms with van der Waals surface area (Å²) in [4.78, 5) is 28.5. The zero-order valence-electron chi connectivity index (χ0n) is 14.2. The summed E-state index contributed by atoms with van der Waals surface area (Å²) in [6.07, 6.45) is 15.8. The molecule has 1 N–H and O–H groups in total. The summed E-state index contributed by atoms with van der Waals surface area (Å²) in [5, 5.41) is 7.52. The lowest BCUT2D eigenvalue weighted by molar-refractivity contribution is 0.0911. The first-order valence-corrected chi connectivity index (χ1v) is 8.68. The lowest BCUT2D eigenvalue weighted by atomic mass is 9.91. The average Bonchev–Trinajstić information content (AvgIpc) is 3.20. The van der Waals surface area contributed by atoms with Crippen molar-refractivity contribution < 1.29 is 4.79 Å². The molecule has 0 saturated heterocycles. The molecule has 0 aliphatic heterocycles. The Labute approximate surface area is 150 Å². The summed E-state index contributed by atoms with van der Waals surface area (Å²) in [7, 11) is 0. The second-order valence-corrected chi connectivity index (χ2v) is 6.35. The second kappa shape index (κ2) is 7.38. The van der Waals surface area contributed by atoms with Gasteiger partial charge in [-0.15, -0.1) is 0 Å². The molecule has 8 nitrogen and oxygen atoms in total. The Morgan fingerprint density at radius 3 is 2.54 bits per heavy atom. The van der Waals surface area contributed by atoms with Gasteiger partial charge in [0.15, 0.2) is 0 Å². The van der Waals surface area contributed by atoms with Crippen LogP contribution in [0, 0.1) is 0 Å². The molecule has 3 heterocycles. The summed E-state index contributed by atoms with van der Waals surface area (Å²) < 4.78 is 2.00. The number of amides is 1. The number of hydrogen-bond donors (Lipinski definition) is 1. The Bertz CT molecular complexity index is 858. The fourth-order valence-corrected chi connectivity index (χ4v) is 3.27. The number of nitrogens with zero attached hydrogens (tertiary/aromatic N) is 6. The van der Waals surface area contributed by atoms with E-state index in [2.05, 4.69) is 30.4 Å². The minimum Gasteiger partial charge on any atom is -0.347 e. The van der Waals surface area contributed by atoms with Gasteiger partial charge in [-0.25, -0.2) is 9.97 Å². The van der Waals surface area contributed by atoms with Crippen molar-refractivity contribution in [2.24, 2.45) is 0 Å². The van der Waals surface area contributed by atoms with E-state index in [1.165, 1.54) is 0 Å². The van der Waals surface area contributed by atoms with E-state index >= 15 is 0 Å². The zero-order valence-corrected chi connectivity index (χ0v) is 14.2. The summed E-state index contributed by atoms with van der Waals surface area (Å²) in [6.45, 7) is 0. The summed E-state index contributed by atoms with van der Waals surface area (Å²) in [5.41, 5.74) is 1.79. The maximum absolute atomic E-state index is 12.2. The van der Waals surface area contributed by atoms with E-state index in [0.29, 0.717) is 6.04 Å². The highest BCUT2D eigenvalue weighted by atomic mass is 16.2. The van der Waals surface area contributed by atoms with Crippen LogP contribution in [0.3, 0.4) is 0 Å². The highest BCUT2D eigenvalue weighted by Gasteiger charge is 2.25. The summed E-state index contributed by atoms with van der Waals surface area (Å²) in [6, 6.07) is 2.18. The molecule has 132 valence electrons. The fraction of sp³-hybridized carbons (Fsp3) is 0.333. The lowest BCUT2D eigenvalue weighted by Crippen LogP contribution is -2.38. The van der Waals surface area contributed by atoms with Gasteiger partial charge in [-0.3, -0.25) is 19.4 Å². The Morgan fingerprint density at radius 1 is 1.00 bits per heavy atom. The number of aromatic nitrogens is 6. The van der Waals surface area contributed by atoms with Gasteiger partial charge in [-0.1, -0.05) is 0 Å². The van der Waals surface area contributed by atoms with Crippen LogP contribution in [-0.4, -0.2) is 41.7 Å². The molecule has 1 aliphatic carbocycles. The molecule has 0 bridgehead atoms. The third-order valence-corrected chi connectivity index (χ3v) is 4.64. The monoisotopic (exact) mass is 349 g/mol. The molecular weight excluding hydrogens is 330 g/mol. The molecule has 1 aliphatic rings. The van der Waals surface area contributed by atoms with Crippen molar-refractivity contribution in [2.75, 3.05) is 0 Å². The normalized spacial score (nSPS) is 19.8. The molecular formula is C18H19N7O. The quantitative estimate of drug-likeness (QED) is 0.774. The van der Waals surface area contributed by atoms with E-state index in [0.717, 1.165) is 36.9 Å². The largest absolute Gasteiger partial charge is 0.347 e. The molecule has 1 amide bonds. The number of carbonyl (C=O) groups is 1. The Hall–Kier alpha value is -3.16. The first kappa shape index (κ1) is 16.3. The van der Waals surface area contributed by atoms with Gasteiger partial charge < -0.3 is 5.32 Å². The van der Waals surface area contributed by atoms with Crippen LogP contribution in [0.1, 0.15) is 42.3 Å². The molecule has 3 aromatic heterocycles. The van der Waals surface area contributed by atoms with E-state index in [4.69, 9.17) is 0 Å². The van der Waals surface area contributed by atoms with Crippen LogP contribution in [0.4, 0.5) is 0 Å². The van der Waals surface area contributed by atoms with Gasteiger partial charge in [0.1, 0.15) is 0 Å². The number of nitrogens with one attached hydrogen (secondary N) is 1. The molecule has 4 rings (SSSR count). The highest BCUT2D eigenvalue weighted by Crippen LogP contribution is 2.29. The SMILES string of the molecule is O=C(NC1CCC(n2cc(-c3cnccn3)cn2)CC1)c1ncccn1. The van der Waals surface area contributed by atoms with E-state index in [1.807, 2.05) is 17.1 Å². The molecule has 26 heavy (non-hydrogen) atoms. The van der Waals surface area contributed by atoms with Gasteiger partial charge in [0.25, 0.3) is 5.91 Å². The topological polar surface area (TPSA) is 98.5 Å². The number of hydrogen-bond acceptors (Lipinski definition) is 6. The zero-order chi connectivity index (χ0) is 17.8. The maximum atomic E-state index is 12.2. The first-order chi connectivity index (χ1) is 12.8. The van der Waals surface area contributed by atoms with E-state index in [-0.39, 0.29) is 17.8 Å². The Balaban J connectivity index is 1.34. The first-order valence-electron chi connectivity index (χ1n) is 8.68. The smallest absolute Gasteiger partial charge is 0.289 e. The molecule has 0 radical (unpaired) electrons. The molecule has 8 heteroatoms. The van der Waals surface area contributed by atoms with Gasteiger partial charge in [0.2, 0.25) is 5.82 Å². The van der Waals surface area contributed by atoms with Gasteiger partial charge in [-0.05, 0) is 31.7 Å². The van der Waals surface area contributed by atoms with Crippen molar-refractivity contribution in [3.8, 4) is 11.3 Å². The third kappa shape index (κ3) is 3.58. The van der Waals surface area contributed by atoms with Crippen LogP contribution in [0.5, 0.6) is 0 Å². The van der Waals surface area contributed by atoms with Gasteiger partial charge in [0.05, 0.1) is 24.1 Å². The lowest BCUT2D eigenvalue weighted by Gasteiger charge is -2.29. The maximum Gasteiger partial charge on any atom is 0.289 e. The van der Waals surface area contributed by atoms with Crippen molar-refractivity contribution in [3.63, 3.8) is 0 Å². The minimum atomic E-state index is -0.210. The van der Waals surface area contributed by atoms with Crippen molar-refractivity contribution in [1.82, 2.24) is 35.0 Å². The van der Waals surface area contributed by atoms with Gasteiger partial charge >= 0.3 is 0 Å². The van der Waals surface area contributed by atoms with Crippen LogP contribution in [0.2, 0.25) is 0 Å². The second-order valence-electron chi connectivity index (χ2n) is 6.35. The molecule has 1 fully saturated rings. The molecule has 3 aromatic rings. The predicted octanol–water partition coefficient (Wildman–Crippen LogP) is 2.04. The minimum absolute atomic E-state index is 0.151. The van der Waals surface area contributed by atoms with E-state index in [1.54, 1.807) is 37.1 Å². The Morgan fingerprint density at radius 2 is 1.81 bits per heavy atom. The number of carbonyl (C=O) groups excluding carboxylic acids is 1. The Kier molecular flexibility index (Phi) is 4.63.